The minimum atomic E-state index is -0.446. The van der Waals surface area contributed by atoms with E-state index in [2.05, 4.69) is 10.5 Å². The zero-order valence-corrected chi connectivity index (χ0v) is 15.6. The molecule has 2 aromatic rings. The first-order valence-electron chi connectivity index (χ1n) is 8.47. The van der Waals surface area contributed by atoms with Crippen LogP contribution >= 0.6 is 0 Å². The summed E-state index contributed by atoms with van der Waals surface area (Å²) in [6.07, 6.45) is 2.35. The molecule has 0 heterocycles. The molecule has 0 radical (unpaired) electrons. The summed E-state index contributed by atoms with van der Waals surface area (Å²) >= 11 is 0. The maximum atomic E-state index is 11.0. The van der Waals surface area contributed by atoms with Crippen LogP contribution in [0.2, 0.25) is 0 Å². The molecule has 2 rings (SSSR count). The van der Waals surface area contributed by atoms with Gasteiger partial charge in [0, 0.05) is 17.7 Å². The van der Waals surface area contributed by atoms with Crippen LogP contribution < -0.4 is 19.6 Å². The van der Waals surface area contributed by atoms with Crippen molar-refractivity contribution in [2.45, 2.75) is 19.9 Å². The zero-order chi connectivity index (χ0) is 19.6. The van der Waals surface area contributed by atoms with Crippen molar-refractivity contribution in [2.75, 3.05) is 20.8 Å². The standard InChI is InChI=1S/C19H23N3O5/c1-4-9-27-17-8-6-16(22(23)24)11-15(17)13-21-20-12-14-5-7-18(25-2)19(10-14)26-3/h5-8,10-11,13,20H,4,9,12H2,1-3H3/b21-13-. The highest BCUT2D eigenvalue weighted by Gasteiger charge is 2.10. The van der Waals surface area contributed by atoms with Crippen LogP contribution in [-0.4, -0.2) is 32.0 Å². The second kappa shape index (κ2) is 10.0. The van der Waals surface area contributed by atoms with Crippen molar-refractivity contribution in [1.29, 1.82) is 0 Å². The number of methoxy groups -OCH3 is 2. The highest BCUT2D eigenvalue weighted by Crippen LogP contribution is 2.27. The van der Waals surface area contributed by atoms with Gasteiger partial charge in [-0.2, -0.15) is 5.10 Å². The van der Waals surface area contributed by atoms with Gasteiger partial charge in [-0.1, -0.05) is 13.0 Å². The first kappa shape index (κ1) is 20.0. The molecule has 0 aliphatic carbocycles. The number of non-ortho nitro benzene ring substituents is 1. The lowest BCUT2D eigenvalue weighted by Gasteiger charge is -2.09. The minimum absolute atomic E-state index is 0.0137. The average Bonchev–Trinajstić information content (AvgIpc) is 2.69. The van der Waals surface area contributed by atoms with Crippen molar-refractivity contribution >= 4 is 11.9 Å². The largest absolute Gasteiger partial charge is 0.493 e. The molecule has 0 fully saturated rings. The van der Waals surface area contributed by atoms with Crippen molar-refractivity contribution in [3.8, 4) is 17.2 Å². The third kappa shape index (κ3) is 5.60. The van der Waals surface area contributed by atoms with Gasteiger partial charge < -0.3 is 19.6 Å². The predicted molar refractivity (Wildman–Crippen MR) is 103 cm³/mol. The first-order valence-corrected chi connectivity index (χ1v) is 8.47. The lowest BCUT2D eigenvalue weighted by molar-refractivity contribution is -0.384. The Morgan fingerprint density at radius 2 is 1.85 bits per heavy atom. The van der Waals surface area contributed by atoms with Gasteiger partial charge in [-0.25, -0.2) is 0 Å². The number of hydrogen-bond acceptors (Lipinski definition) is 7. The summed E-state index contributed by atoms with van der Waals surface area (Å²) in [6, 6.07) is 10.0. The summed E-state index contributed by atoms with van der Waals surface area (Å²) in [5.74, 6) is 1.84. The van der Waals surface area contributed by atoms with Gasteiger partial charge in [0.25, 0.3) is 5.69 Å². The van der Waals surface area contributed by atoms with Gasteiger partial charge in [-0.05, 0) is 30.2 Å². The molecular weight excluding hydrogens is 350 g/mol. The third-order valence-electron chi connectivity index (χ3n) is 3.69. The molecule has 0 unspecified atom stereocenters. The van der Waals surface area contributed by atoms with E-state index in [1.54, 1.807) is 20.3 Å². The Kier molecular flexibility index (Phi) is 7.42. The van der Waals surface area contributed by atoms with Crippen LogP contribution in [-0.2, 0) is 6.54 Å². The van der Waals surface area contributed by atoms with E-state index in [-0.39, 0.29) is 5.69 Å². The minimum Gasteiger partial charge on any atom is -0.493 e. The Bertz CT molecular complexity index is 808. The number of nitrogens with zero attached hydrogens (tertiary/aromatic N) is 2. The van der Waals surface area contributed by atoms with Crippen LogP contribution in [0.4, 0.5) is 5.69 Å². The van der Waals surface area contributed by atoms with E-state index >= 15 is 0 Å². The Morgan fingerprint density at radius 1 is 1.11 bits per heavy atom. The summed E-state index contributed by atoms with van der Waals surface area (Å²) in [7, 11) is 3.16. The van der Waals surface area contributed by atoms with Gasteiger partial charge in [0.05, 0.1) is 38.5 Å². The van der Waals surface area contributed by atoms with Crippen molar-refractivity contribution in [3.05, 3.63) is 57.6 Å². The first-order chi connectivity index (χ1) is 13.1. The number of nitro benzene ring substituents is 1. The molecule has 8 nitrogen and oxygen atoms in total. The molecule has 0 saturated carbocycles. The number of ether oxygens (including phenoxy) is 3. The Labute approximate surface area is 157 Å². The van der Waals surface area contributed by atoms with Gasteiger partial charge in [0.2, 0.25) is 0 Å². The van der Waals surface area contributed by atoms with Crippen LogP contribution in [0, 0.1) is 10.1 Å². The van der Waals surface area contributed by atoms with Gasteiger partial charge in [0.15, 0.2) is 11.5 Å². The maximum Gasteiger partial charge on any atom is 0.270 e. The van der Waals surface area contributed by atoms with E-state index in [0.29, 0.717) is 36.0 Å². The lowest BCUT2D eigenvalue weighted by Crippen LogP contribution is -2.07. The molecule has 1 N–H and O–H groups in total. The smallest absolute Gasteiger partial charge is 0.270 e. The maximum absolute atomic E-state index is 11.0. The molecule has 0 atom stereocenters. The second-order valence-corrected chi connectivity index (χ2v) is 5.61. The fourth-order valence-electron chi connectivity index (χ4n) is 2.34. The molecule has 0 spiro atoms. The number of benzene rings is 2. The molecule has 0 saturated heterocycles. The Balaban J connectivity index is 2.08. The van der Waals surface area contributed by atoms with Crippen molar-refractivity contribution in [1.82, 2.24) is 5.43 Å². The molecule has 2 aromatic carbocycles. The summed E-state index contributed by atoms with van der Waals surface area (Å²) in [6.45, 7) is 2.97. The number of hydrazone groups is 1. The predicted octanol–water partition coefficient (Wildman–Crippen LogP) is 3.52. The van der Waals surface area contributed by atoms with Gasteiger partial charge in [-0.15, -0.1) is 0 Å². The molecule has 8 heteroatoms. The molecule has 0 aliphatic rings. The summed E-state index contributed by atoms with van der Waals surface area (Å²) in [5, 5.41) is 15.1. The topological polar surface area (TPSA) is 95.2 Å². The molecule has 27 heavy (non-hydrogen) atoms. The van der Waals surface area contributed by atoms with Gasteiger partial charge in [-0.3, -0.25) is 10.1 Å². The highest BCUT2D eigenvalue weighted by molar-refractivity contribution is 5.84. The highest BCUT2D eigenvalue weighted by atomic mass is 16.6. The SMILES string of the molecule is CCCOc1ccc([N+](=O)[O-])cc1/C=N\NCc1ccc(OC)c(OC)c1. The second-order valence-electron chi connectivity index (χ2n) is 5.61. The van der Waals surface area contributed by atoms with Crippen molar-refractivity contribution in [3.63, 3.8) is 0 Å². The molecule has 0 bridgehead atoms. The van der Waals surface area contributed by atoms with E-state index in [4.69, 9.17) is 14.2 Å². The molecule has 0 aromatic heterocycles. The fourth-order valence-corrected chi connectivity index (χ4v) is 2.34. The van der Waals surface area contributed by atoms with Crippen LogP contribution in [0.3, 0.4) is 0 Å². The van der Waals surface area contributed by atoms with E-state index in [1.807, 2.05) is 25.1 Å². The molecule has 0 amide bonds. The van der Waals surface area contributed by atoms with Crippen molar-refractivity contribution in [2.24, 2.45) is 5.10 Å². The normalized spacial score (nSPS) is 10.6. The fraction of sp³-hybridized carbons (Fsp3) is 0.316. The van der Waals surface area contributed by atoms with E-state index in [9.17, 15) is 10.1 Å². The number of hydrogen-bond donors (Lipinski definition) is 1. The van der Waals surface area contributed by atoms with Crippen LogP contribution in [0.1, 0.15) is 24.5 Å². The lowest BCUT2D eigenvalue weighted by atomic mass is 10.2. The van der Waals surface area contributed by atoms with Crippen molar-refractivity contribution < 1.29 is 19.1 Å². The van der Waals surface area contributed by atoms with E-state index < -0.39 is 4.92 Å². The van der Waals surface area contributed by atoms with E-state index in [1.165, 1.54) is 18.3 Å². The monoisotopic (exact) mass is 373 g/mol. The Hall–Kier alpha value is -3.29. The number of nitrogens with one attached hydrogen (secondary N) is 1. The van der Waals surface area contributed by atoms with Crippen LogP contribution in [0.5, 0.6) is 17.2 Å². The Morgan fingerprint density at radius 3 is 2.52 bits per heavy atom. The third-order valence-corrected chi connectivity index (χ3v) is 3.69. The number of nitro groups is 1. The summed E-state index contributed by atoms with van der Waals surface area (Å²) in [4.78, 5) is 10.5. The zero-order valence-electron chi connectivity index (χ0n) is 15.6. The molecule has 144 valence electrons. The quantitative estimate of drug-likeness (QED) is 0.389. The van der Waals surface area contributed by atoms with Gasteiger partial charge >= 0.3 is 0 Å². The average molecular weight is 373 g/mol. The van der Waals surface area contributed by atoms with Gasteiger partial charge in [0.1, 0.15) is 5.75 Å². The van der Waals surface area contributed by atoms with Crippen LogP contribution in [0.15, 0.2) is 41.5 Å². The molecular formula is C19H23N3O5. The molecule has 0 aliphatic heterocycles. The summed E-state index contributed by atoms with van der Waals surface area (Å²) < 4.78 is 16.1. The van der Waals surface area contributed by atoms with Crippen LogP contribution in [0.25, 0.3) is 0 Å². The summed E-state index contributed by atoms with van der Waals surface area (Å²) in [5.41, 5.74) is 4.39. The number of rotatable bonds is 10. The van der Waals surface area contributed by atoms with E-state index in [0.717, 1.165) is 12.0 Å².